The summed E-state index contributed by atoms with van der Waals surface area (Å²) in [5, 5.41) is 3.64. The Balaban J connectivity index is 2.17. The molecule has 1 fully saturated rings. The average molecular weight is 327 g/mol. The molecular weight excluding hydrogens is 304 g/mol. The summed E-state index contributed by atoms with van der Waals surface area (Å²) < 4.78 is 6.31. The van der Waals surface area contributed by atoms with Gasteiger partial charge in [-0.05, 0) is 53.0 Å². The maximum atomic E-state index is 5.29. The Kier molecular flexibility index (Phi) is 5.11. The Morgan fingerprint density at radius 1 is 1.42 bits per heavy atom. The molecule has 1 aromatic rings. The maximum absolute atomic E-state index is 5.29. The lowest BCUT2D eigenvalue weighted by molar-refractivity contribution is 0.411. The van der Waals surface area contributed by atoms with E-state index in [2.05, 4.69) is 52.1 Å². The quantitative estimate of drug-likeness (QED) is 0.922. The van der Waals surface area contributed by atoms with Crippen LogP contribution in [-0.2, 0) is 0 Å². The van der Waals surface area contributed by atoms with Crippen molar-refractivity contribution in [1.29, 1.82) is 0 Å². The summed E-state index contributed by atoms with van der Waals surface area (Å²) >= 11 is 3.57. The van der Waals surface area contributed by atoms with Gasteiger partial charge in [0, 0.05) is 24.8 Å². The lowest BCUT2D eigenvalue weighted by Gasteiger charge is -2.28. The van der Waals surface area contributed by atoms with E-state index in [-0.39, 0.29) is 0 Å². The number of anilines is 1. The summed E-state index contributed by atoms with van der Waals surface area (Å²) in [6.07, 6.45) is 1.19. The van der Waals surface area contributed by atoms with Gasteiger partial charge in [-0.1, -0.05) is 13.8 Å². The fourth-order valence-corrected chi connectivity index (χ4v) is 3.01. The highest BCUT2D eigenvalue weighted by Gasteiger charge is 2.20. The number of halogens is 1. The summed E-state index contributed by atoms with van der Waals surface area (Å²) in [5.41, 5.74) is 1.27. The van der Waals surface area contributed by atoms with Gasteiger partial charge in [-0.25, -0.2) is 0 Å². The van der Waals surface area contributed by atoms with Crippen LogP contribution in [-0.4, -0.2) is 32.8 Å². The molecule has 0 saturated carbocycles. The molecule has 0 bridgehead atoms. The topological polar surface area (TPSA) is 24.5 Å². The van der Waals surface area contributed by atoms with E-state index in [1.54, 1.807) is 7.11 Å². The molecule has 0 spiro atoms. The smallest absolute Gasteiger partial charge is 0.133 e. The maximum Gasteiger partial charge on any atom is 0.133 e. The van der Waals surface area contributed by atoms with Crippen LogP contribution < -0.4 is 15.0 Å². The van der Waals surface area contributed by atoms with Crippen LogP contribution in [0.3, 0.4) is 0 Å². The number of methoxy groups -OCH3 is 1. The van der Waals surface area contributed by atoms with Crippen LogP contribution in [0.25, 0.3) is 0 Å². The summed E-state index contributed by atoms with van der Waals surface area (Å²) in [5.74, 6) is 1.54. The Morgan fingerprint density at radius 2 is 2.21 bits per heavy atom. The second-order valence-electron chi connectivity index (χ2n) is 5.42. The molecule has 0 aromatic heterocycles. The van der Waals surface area contributed by atoms with Crippen molar-refractivity contribution >= 4 is 21.6 Å². The summed E-state index contributed by atoms with van der Waals surface area (Å²) in [7, 11) is 1.70. The molecule has 1 aliphatic rings. The molecule has 4 heteroatoms. The van der Waals surface area contributed by atoms with Crippen molar-refractivity contribution in [1.82, 2.24) is 5.32 Å². The van der Waals surface area contributed by atoms with Gasteiger partial charge < -0.3 is 15.0 Å². The first kappa shape index (κ1) is 14.7. The third-order valence-corrected chi connectivity index (χ3v) is 4.35. The van der Waals surface area contributed by atoms with Crippen molar-refractivity contribution in [3.63, 3.8) is 0 Å². The SMILES string of the molecule is COc1ccc(N2CCCNC(C(C)C)C2)cc1Br. The molecule has 1 unspecified atom stereocenters. The fraction of sp³-hybridized carbons (Fsp3) is 0.600. The number of rotatable bonds is 3. The Labute approximate surface area is 124 Å². The van der Waals surface area contributed by atoms with Crippen LogP contribution in [0.5, 0.6) is 5.75 Å². The van der Waals surface area contributed by atoms with Crippen LogP contribution in [0, 0.1) is 5.92 Å². The molecule has 1 atom stereocenters. The second kappa shape index (κ2) is 6.62. The van der Waals surface area contributed by atoms with Gasteiger partial charge in [-0.15, -0.1) is 0 Å². The number of nitrogens with one attached hydrogen (secondary N) is 1. The summed E-state index contributed by atoms with van der Waals surface area (Å²) in [6.45, 7) is 7.85. The third kappa shape index (κ3) is 3.63. The number of nitrogens with zero attached hydrogens (tertiary/aromatic N) is 1. The van der Waals surface area contributed by atoms with E-state index in [0.717, 1.165) is 29.9 Å². The van der Waals surface area contributed by atoms with Gasteiger partial charge in [0.2, 0.25) is 0 Å². The van der Waals surface area contributed by atoms with Crippen molar-refractivity contribution in [3.05, 3.63) is 22.7 Å². The molecule has 1 aromatic carbocycles. The molecule has 1 saturated heterocycles. The van der Waals surface area contributed by atoms with E-state index in [1.165, 1.54) is 12.1 Å². The van der Waals surface area contributed by atoms with E-state index in [0.29, 0.717) is 12.0 Å². The molecule has 2 rings (SSSR count). The molecule has 0 amide bonds. The van der Waals surface area contributed by atoms with Crippen molar-refractivity contribution in [2.45, 2.75) is 26.3 Å². The zero-order chi connectivity index (χ0) is 13.8. The van der Waals surface area contributed by atoms with Gasteiger partial charge in [0.25, 0.3) is 0 Å². The normalized spacial score (nSPS) is 20.5. The van der Waals surface area contributed by atoms with E-state index in [4.69, 9.17) is 4.74 Å². The van der Waals surface area contributed by atoms with Gasteiger partial charge in [0.1, 0.15) is 5.75 Å². The Bertz CT molecular complexity index is 423. The highest BCUT2D eigenvalue weighted by atomic mass is 79.9. The molecule has 106 valence electrons. The van der Waals surface area contributed by atoms with Gasteiger partial charge >= 0.3 is 0 Å². The van der Waals surface area contributed by atoms with E-state index < -0.39 is 0 Å². The zero-order valence-corrected chi connectivity index (χ0v) is 13.5. The van der Waals surface area contributed by atoms with Gasteiger partial charge in [-0.2, -0.15) is 0 Å². The molecule has 1 heterocycles. The van der Waals surface area contributed by atoms with Crippen LogP contribution in [0.1, 0.15) is 20.3 Å². The molecule has 0 radical (unpaired) electrons. The number of hydrogen-bond donors (Lipinski definition) is 1. The van der Waals surface area contributed by atoms with Crippen LogP contribution in [0.15, 0.2) is 22.7 Å². The lowest BCUT2D eigenvalue weighted by atomic mass is 10.0. The third-order valence-electron chi connectivity index (χ3n) is 3.73. The van der Waals surface area contributed by atoms with Gasteiger partial charge in [0.05, 0.1) is 11.6 Å². The van der Waals surface area contributed by atoms with E-state index >= 15 is 0 Å². The van der Waals surface area contributed by atoms with Crippen LogP contribution in [0.4, 0.5) is 5.69 Å². The van der Waals surface area contributed by atoms with E-state index in [9.17, 15) is 0 Å². The largest absolute Gasteiger partial charge is 0.496 e. The molecule has 19 heavy (non-hydrogen) atoms. The number of benzene rings is 1. The van der Waals surface area contributed by atoms with Crippen LogP contribution >= 0.6 is 15.9 Å². The Hall–Kier alpha value is -0.740. The second-order valence-corrected chi connectivity index (χ2v) is 6.28. The molecule has 1 N–H and O–H groups in total. The zero-order valence-electron chi connectivity index (χ0n) is 11.9. The molecule has 3 nitrogen and oxygen atoms in total. The molecular formula is C15H23BrN2O. The minimum Gasteiger partial charge on any atom is -0.496 e. The van der Waals surface area contributed by atoms with Crippen molar-refractivity contribution in [3.8, 4) is 5.75 Å². The molecule has 1 aliphatic heterocycles. The Morgan fingerprint density at radius 3 is 2.84 bits per heavy atom. The lowest BCUT2D eigenvalue weighted by Crippen LogP contribution is -2.41. The predicted octanol–water partition coefficient (Wildman–Crippen LogP) is 3.28. The molecule has 0 aliphatic carbocycles. The highest BCUT2D eigenvalue weighted by molar-refractivity contribution is 9.10. The number of ether oxygens (including phenoxy) is 1. The van der Waals surface area contributed by atoms with Crippen molar-refractivity contribution in [2.24, 2.45) is 5.92 Å². The first-order chi connectivity index (χ1) is 9.11. The summed E-state index contributed by atoms with van der Waals surface area (Å²) in [4.78, 5) is 2.47. The van der Waals surface area contributed by atoms with Crippen LogP contribution in [0.2, 0.25) is 0 Å². The van der Waals surface area contributed by atoms with E-state index in [1.807, 2.05) is 6.07 Å². The monoisotopic (exact) mass is 326 g/mol. The fourth-order valence-electron chi connectivity index (χ4n) is 2.48. The first-order valence-corrected chi connectivity index (χ1v) is 7.73. The van der Waals surface area contributed by atoms with Gasteiger partial charge in [-0.3, -0.25) is 0 Å². The van der Waals surface area contributed by atoms with Gasteiger partial charge in [0.15, 0.2) is 0 Å². The highest BCUT2D eigenvalue weighted by Crippen LogP contribution is 2.30. The van der Waals surface area contributed by atoms with Crippen molar-refractivity contribution < 1.29 is 4.74 Å². The minimum absolute atomic E-state index is 0.559. The predicted molar refractivity (Wildman–Crippen MR) is 84.2 cm³/mol. The standard InChI is InChI=1S/C15H23BrN2O/c1-11(2)14-10-18(8-4-7-17-14)12-5-6-15(19-3)13(16)9-12/h5-6,9,11,14,17H,4,7-8,10H2,1-3H3. The number of hydrogen-bond acceptors (Lipinski definition) is 3. The minimum atomic E-state index is 0.559. The summed E-state index contributed by atoms with van der Waals surface area (Å²) in [6, 6.07) is 6.89. The first-order valence-electron chi connectivity index (χ1n) is 6.93. The van der Waals surface area contributed by atoms with Crippen molar-refractivity contribution in [2.75, 3.05) is 31.6 Å². The average Bonchev–Trinajstić information content (AvgIpc) is 2.64.